The van der Waals surface area contributed by atoms with Gasteiger partial charge in [0.2, 0.25) is 0 Å². The number of anilines is 1. The number of aromatic amines is 1. The SMILES string of the molecule is Cc1cccc(C(=O)N(Cc2cc3cccc(C)c3[nH]c2=O)c2ccc(C)c(C)c2)c1. The zero-order valence-corrected chi connectivity index (χ0v) is 18.3. The van der Waals surface area contributed by atoms with Crippen LogP contribution in [0.4, 0.5) is 5.69 Å². The molecule has 0 fully saturated rings. The molecule has 1 heterocycles. The van der Waals surface area contributed by atoms with Crippen LogP contribution < -0.4 is 10.5 Å². The summed E-state index contributed by atoms with van der Waals surface area (Å²) in [7, 11) is 0. The van der Waals surface area contributed by atoms with E-state index in [0.29, 0.717) is 11.1 Å². The standard InChI is InChI=1S/C27H26N2O2/c1-17-7-5-10-22(13-17)27(31)29(24-12-11-18(2)20(4)14-24)16-23-15-21-9-6-8-19(3)25(21)28-26(23)30/h5-15H,16H2,1-4H3,(H,28,30). The Bertz CT molecular complexity index is 1350. The van der Waals surface area contributed by atoms with Crippen LogP contribution in [0, 0.1) is 27.7 Å². The first-order chi connectivity index (χ1) is 14.8. The molecule has 0 aliphatic heterocycles. The van der Waals surface area contributed by atoms with Crippen LogP contribution in [-0.4, -0.2) is 10.9 Å². The highest BCUT2D eigenvalue weighted by Crippen LogP contribution is 2.24. The summed E-state index contributed by atoms with van der Waals surface area (Å²) in [5.74, 6) is -0.129. The van der Waals surface area contributed by atoms with Crippen LogP contribution in [0.3, 0.4) is 0 Å². The molecule has 0 spiro atoms. The Kier molecular flexibility index (Phi) is 5.47. The first kappa shape index (κ1) is 20.6. The molecule has 0 unspecified atom stereocenters. The first-order valence-corrected chi connectivity index (χ1v) is 10.4. The molecular weight excluding hydrogens is 384 g/mol. The lowest BCUT2D eigenvalue weighted by molar-refractivity contribution is 0.0985. The summed E-state index contributed by atoms with van der Waals surface area (Å²) < 4.78 is 0. The van der Waals surface area contributed by atoms with Crippen LogP contribution in [0.1, 0.15) is 38.2 Å². The normalized spacial score (nSPS) is 11.0. The number of rotatable bonds is 4. The summed E-state index contributed by atoms with van der Waals surface area (Å²) in [5, 5.41) is 0.956. The van der Waals surface area contributed by atoms with Crippen molar-refractivity contribution in [3.63, 3.8) is 0 Å². The van der Waals surface area contributed by atoms with Crippen LogP contribution in [-0.2, 0) is 6.54 Å². The van der Waals surface area contributed by atoms with Crippen LogP contribution in [0.5, 0.6) is 0 Å². The number of para-hydroxylation sites is 1. The second kappa shape index (κ2) is 8.23. The molecule has 0 saturated carbocycles. The number of carbonyl (C=O) groups excluding carboxylic acids is 1. The van der Waals surface area contributed by atoms with E-state index in [9.17, 15) is 9.59 Å². The van der Waals surface area contributed by atoms with E-state index in [4.69, 9.17) is 0 Å². The van der Waals surface area contributed by atoms with Gasteiger partial charge in [-0.3, -0.25) is 9.59 Å². The fraction of sp³-hybridized carbons (Fsp3) is 0.185. The molecule has 31 heavy (non-hydrogen) atoms. The fourth-order valence-electron chi connectivity index (χ4n) is 3.82. The molecule has 1 N–H and O–H groups in total. The van der Waals surface area contributed by atoms with E-state index >= 15 is 0 Å². The number of carbonyl (C=O) groups is 1. The van der Waals surface area contributed by atoms with Crippen molar-refractivity contribution in [3.05, 3.63) is 110 Å². The van der Waals surface area contributed by atoms with Gasteiger partial charge in [-0.1, -0.05) is 42.0 Å². The van der Waals surface area contributed by atoms with Crippen molar-refractivity contribution in [1.82, 2.24) is 4.98 Å². The van der Waals surface area contributed by atoms with Crippen molar-refractivity contribution in [2.75, 3.05) is 4.90 Å². The lowest BCUT2D eigenvalue weighted by Crippen LogP contribution is -2.33. The largest absolute Gasteiger partial charge is 0.321 e. The topological polar surface area (TPSA) is 53.2 Å². The predicted octanol–water partition coefficient (Wildman–Crippen LogP) is 5.61. The number of aromatic nitrogens is 1. The molecule has 0 bridgehead atoms. The van der Waals surface area contributed by atoms with E-state index in [1.807, 2.05) is 94.4 Å². The summed E-state index contributed by atoms with van der Waals surface area (Å²) in [6.45, 7) is 8.20. The molecular formula is C27H26N2O2. The summed E-state index contributed by atoms with van der Waals surface area (Å²) in [5.41, 5.74) is 6.88. The first-order valence-electron chi connectivity index (χ1n) is 10.4. The number of H-pyrrole nitrogens is 1. The van der Waals surface area contributed by atoms with Gasteiger partial charge in [0.1, 0.15) is 0 Å². The average Bonchev–Trinajstić information content (AvgIpc) is 2.74. The third kappa shape index (κ3) is 4.15. The number of benzene rings is 3. The molecule has 4 heteroatoms. The van der Waals surface area contributed by atoms with Crippen molar-refractivity contribution in [2.24, 2.45) is 0 Å². The minimum atomic E-state index is -0.173. The second-order valence-electron chi connectivity index (χ2n) is 8.19. The fourth-order valence-corrected chi connectivity index (χ4v) is 3.82. The van der Waals surface area contributed by atoms with Crippen LogP contribution >= 0.6 is 0 Å². The van der Waals surface area contributed by atoms with E-state index in [2.05, 4.69) is 4.98 Å². The average molecular weight is 411 g/mol. The predicted molar refractivity (Wildman–Crippen MR) is 127 cm³/mol. The summed E-state index contributed by atoms with van der Waals surface area (Å²) >= 11 is 0. The highest BCUT2D eigenvalue weighted by Gasteiger charge is 2.20. The summed E-state index contributed by atoms with van der Waals surface area (Å²) in [6, 6.07) is 21.3. The molecule has 0 aliphatic rings. The van der Waals surface area contributed by atoms with Gasteiger partial charge in [-0.05, 0) is 80.1 Å². The Morgan fingerprint density at radius 1 is 0.839 bits per heavy atom. The quantitative estimate of drug-likeness (QED) is 0.475. The monoisotopic (exact) mass is 410 g/mol. The van der Waals surface area contributed by atoms with Crippen molar-refractivity contribution in [1.29, 1.82) is 0 Å². The number of fused-ring (bicyclic) bond motifs is 1. The van der Waals surface area contributed by atoms with Gasteiger partial charge in [0.25, 0.3) is 11.5 Å². The zero-order valence-electron chi connectivity index (χ0n) is 18.3. The van der Waals surface area contributed by atoms with E-state index < -0.39 is 0 Å². The Balaban J connectivity index is 1.82. The van der Waals surface area contributed by atoms with Crippen molar-refractivity contribution >= 4 is 22.5 Å². The molecule has 156 valence electrons. The number of nitrogens with one attached hydrogen (secondary N) is 1. The summed E-state index contributed by atoms with van der Waals surface area (Å²) in [6.07, 6.45) is 0. The Morgan fingerprint density at radius 2 is 1.61 bits per heavy atom. The van der Waals surface area contributed by atoms with Gasteiger partial charge in [-0.15, -0.1) is 0 Å². The number of amides is 1. The molecule has 0 atom stereocenters. The Morgan fingerprint density at radius 3 is 2.35 bits per heavy atom. The molecule has 1 aromatic heterocycles. The van der Waals surface area contributed by atoms with Gasteiger partial charge in [0.15, 0.2) is 0 Å². The van der Waals surface area contributed by atoms with Crippen molar-refractivity contribution < 1.29 is 4.79 Å². The number of hydrogen-bond donors (Lipinski definition) is 1. The number of pyridine rings is 1. The van der Waals surface area contributed by atoms with Gasteiger partial charge in [0, 0.05) is 16.8 Å². The molecule has 4 aromatic rings. The van der Waals surface area contributed by atoms with E-state index in [1.165, 1.54) is 0 Å². The van der Waals surface area contributed by atoms with Crippen LogP contribution in [0.15, 0.2) is 71.5 Å². The van der Waals surface area contributed by atoms with Gasteiger partial charge < -0.3 is 9.88 Å². The molecule has 3 aromatic carbocycles. The van der Waals surface area contributed by atoms with E-state index in [0.717, 1.165) is 38.8 Å². The zero-order chi connectivity index (χ0) is 22.1. The van der Waals surface area contributed by atoms with Crippen molar-refractivity contribution in [3.8, 4) is 0 Å². The molecule has 0 aliphatic carbocycles. The number of nitrogens with zero attached hydrogens (tertiary/aromatic N) is 1. The molecule has 4 rings (SSSR count). The number of aryl methyl sites for hydroxylation is 4. The Labute approximate surface area is 182 Å². The summed E-state index contributed by atoms with van der Waals surface area (Å²) in [4.78, 5) is 31.1. The van der Waals surface area contributed by atoms with Crippen LogP contribution in [0.25, 0.3) is 10.9 Å². The second-order valence-corrected chi connectivity index (χ2v) is 8.19. The third-order valence-corrected chi connectivity index (χ3v) is 5.81. The van der Waals surface area contributed by atoms with Gasteiger partial charge in [-0.25, -0.2) is 0 Å². The minimum absolute atomic E-state index is 0.129. The third-order valence-electron chi connectivity index (χ3n) is 5.81. The van der Waals surface area contributed by atoms with Crippen LogP contribution in [0.2, 0.25) is 0 Å². The van der Waals surface area contributed by atoms with Gasteiger partial charge in [-0.2, -0.15) is 0 Å². The maximum atomic E-state index is 13.5. The molecule has 1 amide bonds. The van der Waals surface area contributed by atoms with E-state index in [-0.39, 0.29) is 18.0 Å². The highest BCUT2D eigenvalue weighted by molar-refractivity contribution is 6.06. The Hall–Kier alpha value is -3.66. The lowest BCUT2D eigenvalue weighted by Gasteiger charge is -2.24. The maximum absolute atomic E-state index is 13.5. The highest BCUT2D eigenvalue weighted by atomic mass is 16.2. The van der Waals surface area contributed by atoms with Gasteiger partial charge >= 0.3 is 0 Å². The van der Waals surface area contributed by atoms with Crippen molar-refractivity contribution in [2.45, 2.75) is 34.2 Å². The number of hydrogen-bond acceptors (Lipinski definition) is 2. The maximum Gasteiger partial charge on any atom is 0.258 e. The lowest BCUT2D eigenvalue weighted by atomic mass is 10.1. The molecule has 4 nitrogen and oxygen atoms in total. The minimum Gasteiger partial charge on any atom is -0.321 e. The molecule has 0 radical (unpaired) electrons. The van der Waals surface area contributed by atoms with E-state index in [1.54, 1.807) is 4.90 Å². The van der Waals surface area contributed by atoms with Gasteiger partial charge in [0.05, 0.1) is 12.1 Å². The smallest absolute Gasteiger partial charge is 0.258 e. The molecule has 0 saturated heterocycles.